The number of aryl methyl sites for hydroxylation is 1. The van der Waals surface area contributed by atoms with Crippen LogP contribution in [0.1, 0.15) is 86.8 Å². The maximum atomic E-state index is 15.5. The number of halogens is 2. The van der Waals surface area contributed by atoms with Crippen molar-refractivity contribution < 1.29 is 32.6 Å². The van der Waals surface area contributed by atoms with Crippen LogP contribution in [0.15, 0.2) is 72.9 Å². The molecular weight excluding hydrogens is 717 g/mol. The first-order valence-electron chi connectivity index (χ1n) is 19.9. The molecule has 2 fully saturated rings. The Balaban J connectivity index is 0.980. The number of rotatable bonds is 16. The molecule has 3 atom stereocenters. The van der Waals surface area contributed by atoms with E-state index in [2.05, 4.69) is 15.6 Å². The SMILES string of the molecule is COC(=O)NC[C@@H](Cc1cnc2ccccc2c1)c1cc(F)c(OCCCCCc2ccc(NC(=O)C(C3CCCCC3)N3CCCC(N)C3=O)cc2)cc1F. The number of hydrogen-bond acceptors (Lipinski definition) is 7. The highest BCUT2D eigenvalue weighted by atomic mass is 19.1. The molecule has 1 aliphatic heterocycles. The van der Waals surface area contributed by atoms with Crippen molar-refractivity contribution in [2.75, 3.05) is 32.1 Å². The van der Waals surface area contributed by atoms with Gasteiger partial charge in [0.2, 0.25) is 11.8 Å². The third-order valence-electron chi connectivity index (χ3n) is 11.1. The number of piperidine rings is 1. The third kappa shape index (κ3) is 10.6. The number of likely N-dealkylation sites (tertiary alicyclic amines) is 1. The van der Waals surface area contributed by atoms with Gasteiger partial charge in [-0.2, -0.15) is 0 Å². The summed E-state index contributed by atoms with van der Waals surface area (Å²) >= 11 is 0. The zero-order chi connectivity index (χ0) is 39.4. The number of nitrogens with two attached hydrogens (primary N) is 1. The molecule has 1 aliphatic carbocycles. The predicted molar refractivity (Wildman–Crippen MR) is 212 cm³/mol. The minimum Gasteiger partial charge on any atom is -0.490 e. The standard InChI is InChI=1S/C44H53F2N5O5/c1-55-44(54)49-28-33(24-30-23-32-14-7-8-16-39(32)48-27-30)35-25-37(46)40(26-36(35)45)56-22-9-3-4-11-29-17-19-34(20-18-29)50-42(52)41(31-12-5-2-6-13-31)51-21-10-15-38(47)43(51)53/h7-8,14,16-20,23,25-27,31,33,38,41H,2-6,9-13,15,21-22,24,28,47H2,1H3,(H,49,54)(H,50,52)/t33-,38?,41?/m1/s1. The highest BCUT2D eigenvalue weighted by molar-refractivity contribution is 5.98. The Kier molecular flexibility index (Phi) is 14.2. The lowest BCUT2D eigenvalue weighted by Gasteiger charge is -2.41. The summed E-state index contributed by atoms with van der Waals surface area (Å²) in [4.78, 5) is 44.7. The fraction of sp³-hybridized carbons (Fsp3) is 0.455. The average molecular weight is 770 g/mol. The van der Waals surface area contributed by atoms with E-state index >= 15 is 8.78 Å². The van der Waals surface area contributed by atoms with Crippen molar-refractivity contribution >= 4 is 34.5 Å². The van der Waals surface area contributed by atoms with Crippen LogP contribution < -0.4 is 21.1 Å². The van der Waals surface area contributed by atoms with Crippen molar-refractivity contribution in [3.63, 3.8) is 0 Å². The van der Waals surface area contributed by atoms with Crippen LogP contribution in [0.2, 0.25) is 0 Å². The topological polar surface area (TPSA) is 136 Å². The Labute approximate surface area is 327 Å². The van der Waals surface area contributed by atoms with Crippen molar-refractivity contribution in [1.82, 2.24) is 15.2 Å². The third-order valence-corrected chi connectivity index (χ3v) is 11.1. The van der Waals surface area contributed by atoms with E-state index in [1.54, 1.807) is 11.1 Å². The Bertz CT molecular complexity index is 1950. The number of alkyl carbamates (subject to hydrolysis) is 1. The van der Waals surface area contributed by atoms with Gasteiger partial charge in [-0.1, -0.05) is 49.6 Å². The van der Waals surface area contributed by atoms with Crippen molar-refractivity contribution in [2.24, 2.45) is 11.7 Å². The lowest BCUT2D eigenvalue weighted by molar-refractivity contribution is -0.144. The number of hydrogen-bond donors (Lipinski definition) is 3. The van der Waals surface area contributed by atoms with Crippen LogP contribution in [0.4, 0.5) is 19.3 Å². The highest BCUT2D eigenvalue weighted by Crippen LogP contribution is 2.32. The molecule has 2 aliphatic rings. The Morgan fingerprint density at radius 1 is 0.929 bits per heavy atom. The van der Waals surface area contributed by atoms with Gasteiger partial charge in [-0.3, -0.25) is 14.6 Å². The van der Waals surface area contributed by atoms with E-state index in [1.807, 2.05) is 54.6 Å². The number of amides is 3. The normalized spacial score (nSPS) is 17.3. The first-order valence-corrected chi connectivity index (χ1v) is 19.9. The molecule has 3 amide bonds. The first kappa shape index (κ1) is 40.6. The van der Waals surface area contributed by atoms with E-state index in [0.29, 0.717) is 31.5 Å². The number of pyridine rings is 1. The van der Waals surface area contributed by atoms with E-state index in [-0.39, 0.29) is 42.2 Å². The number of benzene rings is 3. The van der Waals surface area contributed by atoms with Gasteiger partial charge in [0.1, 0.15) is 11.9 Å². The largest absolute Gasteiger partial charge is 0.490 e. The zero-order valence-electron chi connectivity index (χ0n) is 32.1. The van der Waals surface area contributed by atoms with Gasteiger partial charge in [0.05, 0.1) is 25.3 Å². The molecule has 56 heavy (non-hydrogen) atoms. The van der Waals surface area contributed by atoms with Crippen molar-refractivity contribution in [2.45, 2.75) is 95.1 Å². The van der Waals surface area contributed by atoms with Gasteiger partial charge in [0.15, 0.2) is 11.6 Å². The van der Waals surface area contributed by atoms with Crippen LogP contribution >= 0.6 is 0 Å². The molecule has 1 aromatic heterocycles. The second kappa shape index (κ2) is 19.7. The summed E-state index contributed by atoms with van der Waals surface area (Å²) < 4.78 is 41.2. The number of ether oxygens (including phenoxy) is 2. The zero-order valence-corrected chi connectivity index (χ0v) is 32.1. The van der Waals surface area contributed by atoms with Crippen LogP contribution in [0.3, 0.4) is 0 Å². The molecule has 1 saturated carbocycles. The first-order chi connectivity index (χ1) is 27.2. The number of carbonyl (C=O) groups is 3. The molecular formula is C44H53F2N5O5. The molecule has 2 unspecified atom stereocenters. The van der Waals surface area contributed by atoms with Crippen LogP contribution in [-0.2, 0) is 27.2 Å². The molecule has 4 aromatic rings. The number of methoxy groups -OCH3 is 1. The number of aromatic nitrogens is 1. The van der Waals surface area contributed by atoms with Gasteiger partial charge in [0, 0.05) is 42.3 Å². The second-order valence-corrected chi connectivity index (χ2v) is 15.1. The Morgan fingerprint density at radius 2 is 1.71 bits per heavy atom. The molecule has 4 N–H and O–H groups in total. The van der Waals surface area contributed by atoms with Crippen LogP contribution in [0.25, 0.3) is 10.9 Å². The van der Waals surface area contributed by atoms with Crippen LogP contribution in [-0.4, -0.2) is 66.7 Å². The van der Waals surface area contributed by atoms with E-state index < -0.39 is 35.7 Å². The fourth-order valence-corrected chi connectivity index (χ4v) is 8.08. The maximum absolute atomic E-state index is 15.5. The fourth-order valence-electron chi connectivity index (χ4n) is 8.08. The predicted octanol–water partition coefficient (Wildman–Crippen LogP) is 7.82. The van der Waals surface area contributed by atoms with Gasteiger partial charge >= 0.3 is 6.09 Å². The smallest absolute Gasteiger partial charge is 0.406 e. The van der Waals surface area contributed by atoms with E-state index in [0.717, 1.165) is 91.9 Å². The van der Waals surface area contributed by atoms with Crippen LogP contribution in [0, 0.1) is 17.6 Å². The van der Waals surface area contributed by atoms with Crippen molar-refractivity contribution in [1.29, 1.82) is 0 Å². The average Bonchev–Trinajstić information content (AvgIpc) is 3.21. The molecule has 6 rings (SSSR count). The second-order valence-electron chi connectivity index (χ2n) is 15.1. The lowest BCUT2D eigenvalue weighted by Crippen LogP contribution is -2.58. The number of fused-ring (bicyclic) bond motifs is 1. The van der Waals surface area contributed by atoms with E-state index in [4.69, 9.17) is 15.2 Å². The molecule has 1 saturated heterocycles. The van der Waals surface area contributed by atoms with Gasteiger partial charge < -0.3 is 30.7 Å². The minimum absolute atomic E-state index is 0.0325. The monoisotopic (exact) mass is 769 g/mol. The number of nitrogens with zero attached hydrogens (tertiary/aromatic N) is 2. The summed E-state index contributed by atoms with van der Waals surface area (Å²) in [6.45, 7) is 0.820. The van der Waals surface area contributed by atoms with Gasteiger partial charge in [-0.25, -0.2) is 13.6 Å². The van der Waals surface area contributed by atoms with Gasteiger partial charge in [-0.15, -0.1) is 0 Å². The lowest BCUT2D eigenvalue weighted by atomic mass is 9.82. The quantitative estimate of drug-likeness (QED) is 0.0990. The highest BCUT2D eigenvalue weighted by Gasteiger charge is 2.40. The van der Waals surface area contributed by atoms with E-state index in [9.17, 15) is 14.4 Å². The van der Waals surface area contributed by atoms with Crippen LogP contribution in [0.5, 0.6) is 5.75 Å². The molecule has 2 heterocycles. The van der Waals surface area contributed by atoms with E-state index in [1.165, 1.54) is 7.11 Å². The Hall–Kier alpha value is -5.10. The van der Waals surface area contributed by atoms with Crippen molar-refractivity contribution in [3.8, 4) is 5.75 Å². The molecule has 0 spiro atoms. The summed E-state index contributed by atoms with van der Waals surface area (Å²) in [5.41, 5.74) is 9.68. The Morgan fingerprint density at radius 3 is 2.50 bits per heavy atom. The summed E-state index contributed by atoms with van der Waals surface area (Å²) in [6, 6.07) is 18.6. The summed E-state index contributed by atoms with van der Waals surface area (Å²) in [6.07, 6.45) is 11.1. The number of nitrogens with one attached hydrogen (secondary N) is 2. The molecule has 298 valence electrons. The molecule has 0 bridgehead atoms. The number of unbranched alkanes of at least 4 members (excludes halogenated alkanes) is 2. The summed E-state index contributed by atoms with van der Waals surface area (Å²) in [5.74, 6) is -2.19. The molecule has 0 radical (unpaired) electrons. The molecule has 10 nitrogen and oxygen atoms in total. The number of carbonyl (C=O) groups excluding carboxylic acids is 3. The van der Waals surface area contributed by atoms with Crippen molar-refractivity contribution in [3.05, 3.63) is 101 Å². The number of anilines is 1. The molecule has 12 heteroatoms. The minimum atomic E-state index is -0.676. The van der Waals surface area contributed by atoms with Gasteiger partial charge in [0.25, 0.3) is 0 Å². The summed E-state index contributed by atoms with van der Waals surface area (Å²) in [7, 11) is 1.25. The molecule has 3 aromatic carbocycles. The number of para-hydroxylation sites is 1. The van der Waals surface area contributed by atoms with Gasteiger partial charge in [-0.05, 0) is 111 Å². The maximum Gasteiger partial charge on any atom is 0.406 e. The summed E-state index contributed by atoms with van der Waals surface area (Å²) in [5, 5.41) is 6.62.